The van der Waals surface area contributed by atoms with Crippen LogP contribution in [0.25, 0.3) is 0 Å². The van der Waals surface area contributed by atoms with Gasteiger partial charge in [-0.25, -0.2) is 0 Å². The van der Waals surface area contributed by atoms with E-state index in [0.717, 1.165) is 13.0 Å². The Hall–Kier alpha value is -1.76. The molecule has 0 aliphatic heterocycles. The summed E-state index contributed by atoms with van der Waals surface area (Å²) in [6.45, 7) is 10.4. The van der Waals surface area contributed by atoms with Gasteiger partial charge in [0.15, 0.2) is 0 Å². The molecule has 0 heterocycles. The zero-order valence-corrected chi connectivity index (χ0v) is 26.2. The Morgan fingerprint density at radius 3 is 1.25 bits per heavy atom. The van der Waals surface area contributed by atoms with Crippen LogP contribution in [0.3, 0.4) is 0 Å². The molecule has 0 unspecified atom stereocenters. The average Bonchev–Trinajstić information content (AvgIpc) is 2.91. The summed E-state index contributed by atoms with van der Waals surface area (Å²) in [5, 5.41) is 5.37. The molecule has 0 aliphatic carbocycles. The third-order valence-electron chi connectivity index (χ3n) is 5.97. The monoisotopic (exact) mass is 594 g/mol. The fourth-order valence-electron chi connectivity index (χ4n) is 4.63. The normalized spacial score (nSPS) is 12.5. The van der Waals surface area contributed by atoms with Gasteiger partial charge in [0.25, 0.3) is 0 Å². The molecule has 0 atom stereocenters. The van der Waals surface area contributed by atoms with Crippen molar-refractivity contribution in [2.24, 2.45) is 4.41 Å². The van der Waals surface area contributed by atoms with Gasteiger partial charge in [0.2, 0.25) is 0 Å². The maximum atomic E-state index is 6.00. The summed E-state index contributed by atoms with van der Waals surface area (Å²) in [6, 6.07) is 44.4. The van der Waals surface area contributed by atoms with Crippen LogP contribution in [0.5, 0.6) is 0 Å². The Labute approximate surface area is 226 Å². The molecule has 186 valence electrons. The van der Waals surface area contributed by atoms with Crippen LogP contribution in [-0.4, -0.2) is 34.3 Å². The molecule has 0 bridgehead atoms. The molecule has 0 N–H and O–H groups in total. The third-order valence-corrected chi connectivity index (χ3v) is 21.6. The van der Waals surface area contributed by atoms with E-state index in [-0.39, 0.29) is 0 Å². The summed E-state index contributed by atoms with van der Waals surface area (Å²) in [6.07, 6.45) is 1.05. The van der Waals surface area contributed by atoms with Crippen molar-refractivity contribution >= 4 is 57.4 Å². The van der Waals surface area contributed by atoms with Crippen LogP contribution in [0.2, 0.25) is 19.6 Å². The molecule has 0 amide bonds. The van der Waals surface area contributed by atoms with Gasteiger partial charge in [-0.15, -0.1) is 0 Å². The van der Waals surface area contributed by atoms with Crippen LogP contribution < -0.4 is 21.2 Å². The predicted octanol–water partition coefficient (Wildman–Crippen LogP) is 6.97. The summed E-state index contributed by atoms with van der Waals surface area (Å²) >= 11 is 3.86. The molecule has 6 heteroatoms. The molecule has 36 heavy (non-hydrogen) atoms. The Morgan fingerprint density at radius 1 is 0.611 bits per heavy atom. The van der Waals surface area contributed by atoms with Crippen LogP contribution in [0.4, 0.5) is 0 Å². The van der Waals surface area contributed by atoms with Crippen LogP contribution in [0, 0.1) is 0 Å². The van der Waals surface area contributed by atoms with E-state index >= 15 is 0 Å². The first-order valence-corrected chi connectivity index (χ1v) is 21.7. The van der Waals surface area contributed by atoms with Crippen LogP contribution in [0.1, 0.15) is 13.3 Å². The summed E-state index contributed by atoms with van der Waals surface area (Å²) in [4.78, 5) is 0. The van der Waals surface area contributed by atoms with E-state index < -0.39 is 21.1 Å². The summed E-state index contributed by atoms with van der Waals surface area (Å²) in [7, 11) is -4.26. The first-order valence-electron chi connectivity index (χ1n) is 12.6. The van der Waals surface area contributed by atoms with Crippen LogP contribution >= 0.6 is 12.9 Å². The van der Waals surface area contributed by atoms with Gasteiger partial charge in [0.1, 0.15) is 0 Å². The van der Waals surface area contributed by atoms with E-state index in [9.17, 15) is 0 Å². The van der Waals surface area contributed by atoms with Crippen molar-refractivity contribution in [1.82, 2.24) is 4.44 Å². The molecule has 0 aromatic heterocycles. The van der Waals surface area contributed by atoms with E-state index in [1.807, 2.05) is 0 Å². The summed E-state index contributed by atoms with van der Waals surface area (Å²) in [5.74, 6) is 0. The maximum absolute atomic E-state index is 6.00. The molecule has 0 radical (unpaired) electrons. The molecule has 0 aliphatic rings. The Morgan fingerprint density at radius 2 is 0.944 bits per heavy atom. The van der Waals surface area contributed by atoms with E-state index in [2.05, 4.69) is 167 Å². The molecule has 0 saturated carbocycles. The molecule has 0 saturated heterocycles. The standard InChI is InChI=1S/C30H36N2P2SeSi/c1-5-26-32(34(35,29-22-14-8-15-23-29)30-24-16-9-17-25-30)33(31-36(2,3)4,27-18-10-6-11-19-27)28-20-12-7-13-21-28/h6-25H,5,26H2,1-4H3. The number of hydrogen-bond donors (Lipinski definition) is 0. The number of benzene rings is 4. The molecular formula is C30H36N2P2SeSi. The molecule has 4 rings (SSSR count). The van der Waals surface area contributed by atoms with E-state index in [1.54, 1.807) is 0 Å². The minimum atomic E-state index is -2.36. The van der Waals surface area contributed by atoms with Gasteiger partial charge in [-0.3, -0.25) is 0 Å². The molecule has 4 aromatic rings. The first-order chi connectivity index (χ1) is 17.3. The van der Waals surface area contributed by atoms with Crippen molar-refractivity contribution in [2.75, 3.05) is 6.54 Å². The molecular weight excluding hydrogens is 557 g/mol. The average molecular weight is 594 g/mol. The topological polar surface area (TPSA) is 15.6 Å². The second kappa shape index (κ2) is 11.7. The zero-order valence-electron chi connectivity index (χ0n) is 21.7. The van der Waals surface area contributed by atoms with E-state index in [1.165, 1.54) is 21.2 Å². The first kappa shape index (κ1) is 27.3. The number of nitrogens with zero attached hydrogens (tertiary/aromatic N) is 2. The number of rotatable bonds is 9. The quantitative estimate of drug-likeness (QED) is 0.151. The van der Waals surface area contributed by atoms with Crippen molar-refractivity contribution < 1.29 is 0 Å². The van der Waals surface area contributed by atoms with Crippen LogP contribution in [0.15, 0.2) is 126 Å². The predicted molar refractivity (Wildman–Crippen MR) is 167 cm³/mol. The van der Waals surface area contributed by atoms with Gasteiger partial charge in [-0.2, -0.15) is 0 Å². The Bertz CT molecular complexity index is 1270. The Kier molecular flexibility index (Phi) is 8.90. The second-order valence-electron chi connectivity index (χ2n) is 9.89. The fourth-order valence-corrected chi connectivity index (χ4v) is 21.5. The molecule has 4 aromatic carbocycles. The zero-order chi connectivity index (χ0) is 25.7. The van der Waals surface area contributed by atoms with E-state index in [0.29, 0.717) is 0 Å². The van der Waals surface area contributed by atoms with Gasteiger partial charge in [0.05, 0.1) is 0 Å². The van der Waals surface area contributed by atoms with Gasteiger partial charge < -0.3 is 0 Å². The number of hydrogen-bond acceptors (Lipinski definition) is 1. The van der Waals surface area contributed by atoms with Gasteiger partial charge in [0, 0.05) is 0 Å². The summed E-state index contributed by atoms with van der Waals surface area (Å²) < 4.78 is 8.84. The van der Waals surface area contributed by atoms with Crippen molar-refractivity contribution in [2.45, 2.75) is 33.0 Å². The molecule has 2 nitrogen and oxygen atoms in total. The second-order valence-corrected chi connectivity index (χ2v) is 24.1. The molecule has 0 fully saturated rings. The van der Waals surface area contributed by atoms with E-state index in [4.69, 9.17) is 4.41 Å². The van der Waals surface area contributed by atoms with Crippen molar-refractivity contribution in [1.29, 1.82) is 0 Å². The fraction of sp³-hybridized carbons (Fsp3) is 0.200. The van der Waals surface area contributed by atoms with Gasteiger partial charge in [-0.1, -0.05) is 0 Å². The Balaban J connectivity index is 2.21. The SMILES string of the molecule is CCCN(P(=[Se])(c1ccccc1)c1ccccc1)P(=N[Si](C)(C)C)(c1ccccc1)c1ccccc1. The van der Waals surface area contributed by atoms with Crippen molar-refractivity contribution in [3.8, 4) is 0 Å². The molecule has 0 spiro atoms. The van der Waals surface area contributed by atoms with Crippen LogP contribution in [-0.2, 0) is 0 Å². The van der Waals surface area contributed by atoms with Gasteiger partial charge in [-0.05, 0) is 0 Å². The minimum absolute atomic E-state index is 0.954. The third kappa shape index (κ3) is 5.56. The van der Waals surface area contributed by atoms with Crippen molar-refractivity contribution in [3.05, 3.63) is 121 Å². The van der Waals surface area contributed by atoms with Crippen molar-refractivity contribution in [3.63, 3.8) is 0 Å². The van der Waals surface area contributed by atoms with Gasteiger partial charge >= 0.3 is 227 Å². The summed E-state index contributed by atoms with van der Waals surface area (Å²) in [5.41, 5.74) is -2.15.